The van der Waals surface area contributed by atoms with Gasteiger partial charge in [-0.3, -0.25) is 4.79 Å². The van der Waals surface area contributed by atoms with E-state index in [1.807, 2.05) is 6.92 Å². The van der Waals surface area contributed by atoms with Gasteiger partial charge in [0.05, 0.1) is 0 Å². The molecule has 80 valence electrons. The maximum absolute atomic E-state index is 11.1. The van der Waals surface area contributed by atoms with E-state index in [1.165, 1.54) is 12.8 Å². The highest BCUT2D eigenvalue weighted by atomic mass is 16.4. The van der Waals surface area contributed by atoms with Crippen LogP contribution in [0.15, 0.2) is 0 Å². The molecule has 1 atom stereocenters. The van der Waals surface area contributed by atoms with Gasteiger partial charge in [-0.15, -0.1) is 0 Å². The first-order chi connectivity index (χ1) is 6.58. The van der Waals surface area contributed by atoms with E-state index in [4.69, 9.17) is 5.11 Å². The van der Waals surface area contributed by atoms with Crippen LogP contribution in [0.3, 0.4) is 0 Å². The van der Waals surface area contributed by atoms with E-state index in [9.17, 15) is 9.59 Å². The van der Waals surface area contributed by atoms with Gasteiger partial charge >= 0.3 is 12.0 Å². The second-order valence-corrected chi connectivity index (χ2v) is 3.80. The monoisotopic (exact) mass is 200 g/mol. The summed E-state index contributed by atoms with van der Waals surface area (Å²) in [5.41, 5.74) is 0. The number of carboxylic acids is 1. The zero-order valence-electron chi connectivity index (χ0n) is 8.25. The third kappa shape index (κ3) is 4.69. The van der Waals surface area contributed by atoms with E-state index in [2.05, 4.69) is 10.6 Å². The average molecular weight is 200 g/mol. The number of rotatable bonds is 5. The summed E-state index contributed by atoms with van der Waals surface area (Å²) in [5.74, 6) is -0.278. The Balaban J connectivity index is 2.08. The number of carbonyl (C=O) groups is 2. The number of nitrogens with one attached hydrogen (secondary N) is 2. The minimum absolute atomic E-state index is 0.122. The Labute approximate surface area is 82.9 Å². The zero-order chi connectivity index (χ0) is 10.6. The molecule has 1 aliphatic rings. The van der Waals surface area contributed by atoms with Crippen LogP contribution < -0.4 is 10.6 Å². The molecule has 0 aromatic heterocycles. The van der Waals surface area contributed by atoms with Crippen molar-refractivity contribution in [2.24, 2.45) is 5.92 Å². The Bertz CT molecular complexity index is 226. The van der Waals surface area contributed by atoms with Crippen LogP contribution in [-0.4, -0.2) is 29.7 Å². The molecule has 5 nitrogen and oxygen atoms in total. The van der Waals surface area contributed by atoms with Gasteiger partial charge in [-0.25, -0.2) is 4.79 Å². The lowest BCUT2D eigenvalue weighted by atomic mass is 10.2. The van der Waals surface area contributed by atoms with Crippen molar-refractivity contribution in [2.75, 3.05) is 6.54 Å². The Morgan fingerprint density at radius 1 is 1.50 bits per heavy atom. The van der Waals surface area contributed by atoms with Gasteiger partial charge in [0, 0.05) is 6.04 Å². The summed E-state index contributed by atoms with van der Waals surface area (Å²) in [7, 11) is 0. The molecular weight excluding hydrogens is 184 g/mol. The Kier molecular flexibility index (Phi) is 3.73. The molecule has 0 aliphatic heterocycles. The lowest BCUT2D eigenvalue weighted by molar-refractivity contribution is -0.135. The fourth-order valence-electron chi connectivity index (χ4n) is 1.34. The molecule has 3 N–H and O–H groups in total. The maximum Gasteiger partial charge on any atom is 0.323 e. The predicted octanol–water partition coefficient (Wildman–Crippen LogP) is 0.559. The van der Waals surface area contributed by atoms with Crippen molar-refractivity contribution < 1.29 is 14.7 Å². The van der Waals surface area contributed by atoms with E-state index < -0.39 is 12.0 Å². The summed E-state index contributed by atoms with van der Waals surface area (Å²) in [5, 5.41) is 13.3. The molecule has 14 heavy (non-hydrogen) atoms. The van der Waals surface area contributed by atoms with E-state index in [-0.39, 0.29) is 12.6 Å². The van der Waals surface area contributed by atoms with E-state index >= 15 is 0 Å². The molecular formula is C9H16N2O3. The van der Waals surface area contributed by atoms with Crippen molar-refractivity contribution in [2.45, 2.75) is 32.2 Å². The van der Waals surface area contributed by atoms with Crippen LogP contribution in [0.25, 0.3) is 0 Å². The number of aliphatic carboxylic acids is 1. The second kappa shape index (κ2) is 4.83. The molecule has 0 aromatic carbocycles. The molecule has 2 amide bonds. The normalized spacial score (nSPS) is 17.2. The first-order valence-electron chi connectivity index (χ1n) is 4.84. The van der Waals surface area contributed by atoms with Gasteiger partial charge in [0.1, 0.15) is 6.54 Å². The van der Waals surface area contributed by atoms with Crippen LogP contribution in [0.1, 0.15) is 26.2 Å². The molecule has 1 saturated carbocycles. The van der Waals surface area contributed by atoms with Crippen LogP contribution in [0, 0.1) is 5.92 Å². The molecule has 1 unspecified atom stereocenters. The summed E-state index contributed by atoms with van der Waals surface area (Å²) >= 11 is 0. The quantitative estimate of drug-likeness (QED) is 0.606. The first kappa shape index (κ1) is 10.8. The molecule has 0 radical (unpaired) electrons. The minimum atomic E-state index is -1.03. The fourth-order valence-corrected chi connectivity index (χ4v) is 1.34. The molecule has 1 aliphatic carbocycles. The van der Waals surface area contributed by atoms with E-state index in [0.29, 0.717) is 0 Å². The molecule has 0 bridgehead atoms. The molecule has 1 rings (SSSR count). The largest absolute Gasteiger partial charge is 0.480 e. The van der Waals surface area contributed by atoms with Crippen molar-refractivity contribution in [1.29, 1.82) is 0 Å². The highest BCUT2D eigenvalue weighted by molar-refractivity contribution is 5.79. The Morgan fingerprint density at radius 2 is 2.14 bits per heavy atom. The summed E-state index contributed by atoms with van der Waals surface area (Å²) in [6.07, 6.45) is 3.49. The van der Waals surface area contributed by atoms with E-state index in [1.54, 1.807) is 0 Å². The number of hydrogen-bond donors (Lipinski definition) is 3. The number of amides is 2. The summed E-state index contributed by atoms with van der Waals surface area (Å²) in [4.78, 5) is 21.2. The van der Waals surface area contributed by atoms with Gasteiger partial charge in [-0.1, -0.05) is 12.8 Å². The Hall–Kier alpha value is -1.26. The van der Waals surface area contributed by atoms with Gasteiger partial charge in [-0.2, -0.15) is 0 Å². The zero-order valence-corrected chi connectivity index (χ0v) is 8.25. The average Bonchev–Trinajstić information content (AvgIpc) is 2.84. The lowest BCUT2D eigenvalue weighted by Crippen LogP contribution is -2.42. The molecule has 0 aromatic rings. The number of urea groups is 1. The van der Waals surface area contributed by atoms with Crippen molar-refractivity contribution in [3.8, 4) is 0 Å². The topological polar surface area (TPSA) is 78.4 Å². The van der Waals surface area contributed by atoms with Crippen molar-refractivity contribution in [1.82, 2.24) is 10.6 Å². The standard InChI is InChI=1S/C9H16N2O3/c1-6(4-7-2-3-7)11-9(14)10-5-8(12)13/h6-7H,2-5H2,1H3,(H,12,13)(H2,10,11,14). The minimum Gasteiger partial charge on any atom is -0.480 e. The van der Waals surface area contributed by atoms with Gasteiger partial charge in [0.2, 0.25) is 0 Å². The van der Waals surface area contributed by atoms with Crippen LogP contribution in [0.4, 0.5) is 4.79 Å². The van der Waals surface area contributed by atoms with Crippen molar-refractivity contribution in [3.05, 3.63) is 0 Å². The summed E-state index contributed by atoms with van der Waals surface area (Å²) < 4.78 is 0. The van der Waals surface area contributed by atoms with Crippen LogP contribution >= 0.6 is 0 Å². The SMILES string of the molecule is CC(CC1CC1)NC(=O)NCC(=O)O. The second-order valence-electron chi connectivity index (χ2n) is 3.80. The number of hydrogen-bond acceptors (Lipinski definition) is 2. The van der Waals surface area contributed by atoms with Crippen LogP contribution in [0.5, 0.6) is 0 Å². The number of carboxylic acid groups (broad SMARTS) is 1. The summed E-state index contributed by atoms with van der Waals surface area (Å²) in [6, 6.07) is -0.281. The number of carbonyl (C=O) groups excluding carboxylic acids is 1. The van der Waals surface area contributed by atoms with Crippen molar-refractivity contribution in [3.63, 3.8) is 0 Å². The van der Waals surface area contributed by atoms with Crippen LogP contribution in [0.2, 0.25) is 0 Å². The van der Waals surface area contributed by atoms with Gasteiger partial charge < -0.3 is 15.7 Å². The fraction of sp³-hybridized carbons (Fsp3) is 0.778. The van der Waals surface area contributed by atoms with Gasteiger partial charge in [-0.05, 0) is 19.3 Å². The predicted molar refractivity (Wildman–Crippen MR) is 51.0 cm³/mol. The third-order valence-corrected chi connectivity index (χ3v) is 2.16. The lowest BCUT2D eigenvalue weighted by Gasteiger charge is -2.13. The van der Waals surface area contributed by atoms with E-state index in [0.717, 1.165) is 12.3 Å². The molecule has 1 fully saturated rings. The Morgan fingerprint density at radius 3 is 2.64 bits per heavy atom. The van der Waals surface area contributed by atoms with Gasteiger partial charge in [0.25, 0.3) is 0 Å². The molecule has 5 heteroatoms. The first-order valence-corrected chi connectivity index (χ1v) is 4.84. The third-order valence-electron chi connectivity index (χ3n) is 2.16. The van der Waals surface area contributed by atoms with Crippen LogP contribution in [-0.2, 0) is 4.79 Å². The maximum atomic E-state index is 11.1. The highest BCUT2D eigenvalue weighted by Gasteiger charge is 2.24. The molecule has 0 spiro atoms. The highest BCUT2D eigenvalue weighted by Crippen LogP contribution is 2.33. The summed E-state index contributed by atoms with van der Waals surface area (Å²) in [6.45, 7) is 1.60. The van der Waals surface area contributed by atoms with Crippen molar-refractivity contribution >= 4 is 12.0 Å². The molecule has 0 heterocycles. The molecule has 0 saturated heterocycles. The smallest absolute Gasteiger partial charge is 0.323 e. The van der Waals surface area contributed by atoms with Gasteiger partial charge in [0.15, 0.2) is 0 Å².